The summed E-state index contributed by atoms with van der Waals surface area (Å²) in [7, 11) is -3.00. The van der Waals surface area contributed by atoms with Crippen molar-refractivity contribution in [3.63, 3.8) is 0 Å². The summed E-state index contributed by atoms with van der Waals surface area (Å²) in [5.41, 5.74) is 1.59. The predicted molar refractivity (Wildman–Crippen MR) is 100 cm³/mol. The minimum absolute atomic E-state index is 0.0268. The lowest BCUT2D eigenvalue weighted by atomic mass is 10.2. The average Bonchev–Trinajstić information content (AvgIpc) is 2.61. The Bertz CT molecular complexity index is 838. The lowest BCUT2D eigenvalue weighted by Crippen LogP contribution is -2.43. The second-order valence-corrected chi connectivity index (χ2v) is 9.08. The number of carbonyl (C=O) groups is 1. The Hall–Kier alpha value is -1.93. The molecule has 1 amide bonds. The topological polar surface area (TPSA) is 79.4 Å². The summed E-state index contributed by atoms with van der Waals surface area (Å²) in [5.74, 6) is 0.556. The number of nitrogens with zero attached hydrogens (tertiary/aromatic N) is 2. The van der Waals surface area contributed by atoms with Crippen molar-refractivity contribution in [1.29, 1.82) is 0 Å². The Labute approximate surface area is 155 Å². The Morgan fingerprint density at radius 1 is 1.12 bits per heavy atom. The molecule has 2 aromatic rings. The van der Waals surface area contributed by atoms with E-state index < -0.39 is 9.84 Å². The van der Waals surface area contributed by atoms with Crippen LogP contribution in [0.25, 0.3) is 0 Å². The number of benzene rings is 1. The van der Waals surface area contributed by atoms with Gasteiger partial charge in [0.1, 0.15) is 5.82 Å². The van der Waals surface area contributed by atoms with E-state index >= 15 is 0 Å². The normalized spacial score (nSPS) is 16.4. The fourth-order valence-electron chi connectivity index (χ4n) is 2.52. The van der Waals surface area contributed by atoms with E-state index in [-0.39, 0.29) is 30.5 Å². The first kappa shape index (κ1) is 17.9. The third-order valence-electron chi connectivity index (χ3n) is 4.03. The summed E-state index contributed by atoms with van der Waals surface area (Å²) in [6, 6.07) is 11.4. The number of hydrogen-bond acceptors (Lipinski definition) is 5. The first-order chi connectivity index (χ1) is 11.9. The van der Waals surface area contributed by atoms with Gasteiger partial charge in [0.2, 0.25) is 0 Å². The Balaban J connectivity index is 1.58. The van der Waals surface area contributed by atoms with Gasteiger partial charge in [-0.05, 0) is 29.8 Å². The molecule has 0 spiro atoms. The highest BCUT2D eigenvalue weighted by Crippen LogP contribution is 2.14. The number of pyridine rings is 1. The first-order valence-corrected chi connectivity index (χ1v) is 10.5. The van der Waals surface area contributed by atoms with Crippen LogP contribution in [-0.2, 0) is 16.4 Å². The summed E-state index contributed by atoms with van der Waals surface area (Å²) in [4.78, 5) is 18.2. The molecule has 2 heterocycles. The average molecular weight is 424 g/mol. The Kier molecular flexibility index (Phi) is 5.39. The van der Waals surface area contributed by atoms with Crippen LogP contribution in [0.3, 0.4) is 0 Å². The molecule has 3 rings (SSSR count). The second kappa shape index (κ2) is 7.53. The van der Waals surface area contributed by atoms with Crippen molar-refractivity contribution >= 4 is 37.5 Å². The third-order valence-corrected chi connectivity index (χ3v) is 6.17. The highest BCUT2D eigenvalue weighted by atomic mass is 79.9. The molecule has 8 heteroatoms. The van der Waals surface area contributed by atoms with Gasteiger partial charge in [-0.25, -0.2) is 13.4 Å². The highest BCUT2D eigenvalue weighted by Gasteiger charge is 2.25. The fourth-order valence-corrected chi connectivity index (χ4v) is 3.98. The molecule has 1 aliphatic heterocycles. The number of halogens is 1. The van der Waals surface area contributed by atoms with Gasteiger partial charge in [-0.1, -0.05) is 28.1 Å². The number of carbonyl (C=O) groups excluding carboxylic acids is 1. The van der Waals surface area contributed by atoms with Gasteiger partial charge in [0.15, 0.2) is 9.84 Å². The van der Waals surface area contributed by atoms with Crippen LogP contribution >= 0.6 is 15.9 Å². The van der Waals surface area contributed by atoms with Crippen LogP contribution in [-0.4, -0.2) is 48.8 Å². The van der Waals surface area contributed by atoms with E-state index in [2.05, 4.69) is 26.2 Å². The van der Waals surface area contributed by atoms with Crippen LogP contribution < -0.4 is 5.32 Å². The van der Waals surface area contributed by atoms with Crippen molar-refractivity contribution in [2.45, 2.75) is 6.54 Å². The molecule has 0 saturated carbocycles. The van der Waals surface area contributed by atoms with Crippen LogP contribution in [0.5, 0.6) is 0 Å². The molecule has 0 bridgehead atoms. The standard InChI is InChI=1S/C17H18BrN3O3S/c18-15-4-1-13(2-5-15)11-19-16-6-3-14(12-20-16)17(22)21-7-9-25(23,24)10-8-21/h1-6,12H,7-11H2,(H,19,20). The maximum atomic E-state index is 12.4. The molecule has 1 aromatic heterocycles. The van der Waals surface area contributed by atoms with Crippen molar-refractivity contribution in [3.8, 4) is 0 Å². The van der Waals surface area contributed by atoms with Gasteiger partial charge < -0.3 is 10.2 Å². The zero-order valence-electron chi connectivity index (χ0n) is 13.5. The highest BCUT2D eigenvalue weighted by molar-refractivity contribution is 9.10. The van der Waals surface area contributed by atoms with Gasteiger partial charge in [-0.2, -0.15) is 0 Å². The molecular formula is C17H18BrN3O3S. The SMILES string of the molecule is O=C(c1ccc(NCc2ccc(Br)cc2)nc1)N1CCS(=O)(=O)CC1. The molecule has 132 valence electrons. The second-order valence-electron chi connectivity index (χ2n) is 5.86. The number of aromatic nitrogens is 1. The number of nitrogens with one attached hydrogen (secondary N) is 1. The third kappa shape index (κ3) is 4.79. The van der Waals surface area contributed by atoms with E-state index in [4.69, 9.17) is 0 Å². The molecule has 1 N–H and O–H groups in total. The molecule has 1 saturated heterocycles. The molecular weight excluding hydrogens is 406 g/mol. The minimum Gasteiger partial charge on any atom is -0.366 e. The Morgan fingerprint density at radius 2 is 1.80 bits per heavy atom. The minimum atomic E-state index is -3.00. The molecule has 1 aliphatic rings. The summed E-state index contributed by atoms with van der Waals surface area (Å²) < 4.78 is 23.9. The van der Waals surface area contributed by atoms with E-state index in [1.54, 1.807) is 17.0 Å². The molecule has 0 atom stereocenters. The molecule has 0 aliphatic carbocycles. The van der Waals surface area contributed by atoms with Crippen LogP contribution in [0.15, 0.2) is 47.1 Å². The number of sulfone groups is 1. The summed E-state index contributed by atoms with van der Waals surface area (Å²) in [6.07, 6.45) is 1.52. The van der Waals surface area contributed by atoms with Crippen LogP contribution in [0, 0.1) is 0 Å². The molecule has 0 radical (unpaired) electrons. The van der Waals surface area contributed by atoms with Gasteiger partial charge in [-0.3, -0.25) is 4.79 Å². The molecule has 1 aromatic carbocycles. The lowest BCUT2D eigenvalue weighted by Gasteiger charge is -2.26. The van der Waals surface area contributed by atoms with Gasteiger partial charge in [0.05, 0.1) is 17.1 Å². The van der Waals surface area contributed by atoms with Crippen LogP contribution in [0.4, 0.5) is 5.82 Å². The number of rotatable bonds is 4. The fraction of sp³-hybridized carbons (Fsp3) is 0.294. The maximum absolute atomic E-state index is 12.4. The zero-order valence-corrected chi connectivity index (χ0v) is 15.9. The lowest BCUT2D eigenvalue weighted by molar-refractivity contribution is 0.0770. The van der Waals surface area contributed by atoms with E-state index in [9.17, 15) is 13.2 Å². The molecule has 1 fully saturated rings. The van der Waals surface area contributed by atoms with E-state index in [0.29, 0.717) is 17.9 Å². The molecule has 6 nitrogen and oxygen atoms in total. The monoisotopic (exact) mass is 423 g/mol. The smallest absolute Gasteiger partial charge is 0.255 e. The first-order valence-electron chi connectivity index (χ1n) is 7.87. The van der Waals surface area contributed by atoms with E-state index in [0.717, 1.165) is 10.0 Å². The number of amides is 1. The summed E-state index contributed by atoms with van der Waals surface area (Å²) in [6.45, 7) is 1.12. The van der Waals surface area contributed by atoms with Crippen molar-refractivity contribution < 1.29 is 13.2 Å². The van der Waals surface area contributed by atoms with Crippen LogP contribution in [0.2, 0.25) is 0 Å². The Morgan fingerprint density at radius 3 is 2.40 bits per heavy atom. The molecule has 25 heavy (non-hydrogen) atoms. The summed E-state index contributed by atoms with van der Waals surface area (Å²) >= 11 is 3.40. The van der Waals surface area contributed by atoms with Crippen molar-refractivity contribution in [2.24, 2.45) is 0 Å². The van der Waals surface area contributed by atoms with Crippen molar-refractivity contribution in [3.05, 3.63) is 58.2 Å². The zero-order chi connectivity index (χ0) is 17.9. The van der Waals surface area contributed by atoms with Gasteiger partial charge in [-0.15, -0.1) is 0 Å². The van der Waals surface area contributed by atoms with Crippen molar-refractivity contribution in [2.75, 3.05) is 29.9 Å². The number of hydrogen-bond donors (Lipinski definition) is 1. The predicted octanol–water partition coefficient (Wildman–Crippen LogP) is 2.33. The largest absolute Gasteiger partial charge is 0.366 e. The van der Waals surface area contributed by atoms with Gasteiger partial charge >= 0.3 is 0 Å². The van der Waals surface area contributed by atoms with Crippen LogP contribution in [0.1, 0.15) is 15.9 Å². The summed E-state index contributed by atoms with van der Waals surface area (Å²) in [5, 5.41) is 3.21. The van der Waals surface area contributed by atoms with Gasteiger partial charge in [0.25, 0.3) is 5.91 Å². The maximum Gasteiger partial charge on any atom is 0.255 e. The quantitative estimate of drug-likeness (QED) is 0.815. The molecule has 0 unspecified atom stereocenters. The van der Waals surface area contributed by atoms with Crippen molar-refractivity contribution in [1.82, 2.24) is 9.88 Å². The van der Waals surface area contributed by atoms with E-state index in [1.165, 1.54) is 6.20 Å². The number of anilines is 1. The van der Waals surface area contributed by atoms with Gasteiger partial charge in [0, 0.05) is 30.3 Å². The van der Waals surface area contributed by atoms with E-state index in [1.807, 2.05) is 24.3 Å².